The van der Waals surface area contributed by atoms with Crippen LogP contribution in [0.1, 0.15) is 16.9 Å². The summed E-state index contributed by atoms with van der Waals surface area (Å²) in [6, 6.07) is 0.900. The molecule has 0 bridgehead atoms. The maximum absolute atomic E-state index is 11.5. The van der Waals surface area contributed by atoms with E-state index in [4.69, 9.17) is 11.5 Å². The second kappa shape index (κ2) is 6.62. The number of hydrogen-bond donors (Lipinski definition) is 2. The van der Waals surface area contributed by atoms with Crippen LogP contribution in [0.5, 0.6) is 0 Å². The molecule has 0 saturated heterocycles. The molecule has 0 aromatic carbocycles. The Hall–Kier alpha value is -2.06. The molecule has 2 N–H and O–H groups in total. The molecule has 0 aliphatic carbocycles. The summed E-state index contributed by atoms with van der Waals surface area (Å²) < 4.78 is 0. The molecule has 1 atom stereocenters. The normalized spacial score (nSPS) is 12.0. The molecule has 18 heavy (non-hydrogen) atoms. The number of carboxylic acids is 1. The van der Waals surface area contributed by atoms with Crippen molar-refractivity contribution in [3.63, 3.8) is 0 Å². The second-order valence-electron chi connectivity index (χ2n) is 3.61. The van der Waals surface area contributed by atoms with Crippen LogP contribution in [0.4, 0.5) is 0 Å². The van der Waals surface area contributed by atoms with Gasteiger partial charge in [-0.1, -0.05) is 0 Å². The number of carboxylic acid groups (broad SMARTS) is 1. The predicted octanol–water partition coefficient (Wildman–Crippen LogP) is 1.66. The van der Waals surface area contributed by atoms with Crippen LogP contribution < -0.4 is 5.32 Å². The molecule has 0 aliphatic heterocycles. The average molecular weight is 263 g/mol. The van der Waals surface area contributed by atoms with Crippen LogP contribution in [0.3, 0.4) is 0 Å². The van der Waals surface area contributed by atoms with E-state index >= 15 is 0 Å². The van der Waals surface area contributed by atoms with Crippen molar-refractivity contribution in [3.05, 3.63) is 28.0 Å². The number of aryl methyl sites for hydroxylation is 1. The van der Waals surface area contributed by atoms with Gasteiger partial charge in [0.2, 0.25) is 5.91 Å². The Kier molecular flexibility index (Phi) is 5.15. The first-order valence-corrected chi connectivity index (χ1v) is 6.11. The summed E-state index contributed by atoms with van der Waals surface area (Å²) in [6.07, 6.45) is 7.97. The van der Waals surface area contributed by atoms with E-state index < -0.39 is 17.9 Å². The first kappa shape index (κ1) is 14.0. The second-order valence-corrected chi connectivity index (χ2v) is 4.56. The van der Waals surface area contributed by atoms with Gasteiger partial charge in [0.25, 0.3) is 0 Å². The van der Waals surface area contributed by atoms with Crippen molar-refractivity contribution < 1.29 is 14.7 Å². The predicted molar refractivity (Wildman–Crippen MR) is 71.1 cm³/mol. The summed E-state index contributed by atoms with van der Waals surface area (Å²) in [6.45, 7) is 1.94. The van der Waals surface area contributed by atoms with Crippen molar-refractivity contribution >= 4 is 29.3 Å². The van der Waals surface area contributed by atoms with Crippen molar-refractivity contribution in [2.75, 3.05) is 0 Å². The van der Waals surface area contributed by atoms with E-state index in [1.807, 2.05) is 18.4 Å². The molecule has 1 aromatic heterocycles. The lowest BCUT2D eigenvalue weighted by molar-refractivity contribution is -0.141. The van der Waals surface area contributed by atoms with Crippen molar-refractivity contribution in [2.24, 2.45) is 0 Å². The number of amides is 1. The molecule has 0 aliphatic rings. The Bertz CT molecular complexity index is 511. The van der Waals surface area contributed by atoms with E-state index in [0.29, 0.717) is 0 Å². The molecule has 4 nitrogen and oxygen atoms in total. The highest BCUT2D eigenvalue weighted by atomic mass is 32.1. The lowest BCUT2D eigenvalue weighted by atomic mass is 10.2. The third kappa shape index (κ3) is 4.07. The van der Waals surface area contributed by atoms with Crippen LogP contribution in [0, 0.1) is 19.3 Å². The highest BCUT2D eigenvalue weighted by Gasteiger charge is 2.17. The molecule has 1 unspecified atom stereocenters. The van der Waals surface area contributed by atoms with Gasteiger partial charge < -0.3 is 10.4 Å². The van der Waals surface area contributed by atoms with Gasteiger partial charge in [-0.2, -0.15) is 0 Å². The largest absolute Gasteiger partial charge is 0.480 e. The molecule has 1 heterocycles. The third-order valence-electron chi connectivity index (χ3n) is 2.22. The van der Waals surface area contributed by atoms with Crippen LogP contribution in [0.2, 0.25) is 0 Å². The van der Waals surface area contributed by atoms with Gasteiger partial charge in [-0.25, -0.2) is 4.79 Å². The van der Waals surface area contributed by atoms with Gasteiger partial charge in [-0.05, 0) is 30.0 Å². The van der Waals surface area contributed by atoms with Crippen LogP contribution in [-0.4, -0.2) is 23.0 Å². The first-order chi connectivity index (χ1) is 8.54. The standard InChI is InChI=1S/C13H13NO3S/c1-3-4-10(13(16)17)14-12(15)6-5-11-9(2)7-8-18-11/h1,5-8,10H,4H2,2H3,(H,14,15)(H,16,17)/b6-5+. The fraction of sp³-hybridized carbons (Fsp3) is 0.231. The van der Waals surface area contributed by atoms with Crippen molar-refractivity contribution in [1.29, 1.82) is 0 Å². The Labute approximate surface area is 109 Å². The molecular weight excluding hydrogens is 250 g/mol. The minimum Gasteiger partial charge on any atom is -0.480 e. The molecular formula is C13H13NO3S. The number of thiophene rings is 1. The average Bonchev–Trinajstić information content (AvgIpc) is 2.71. The lowest BCUT2D eigenvalue weighted by Gasteiger charge is -2.09. The van der Waals surface area contributed by atoms with Crippen molar-refractivity contribution in [1.82, 2.24) is 5.32 Å². The van der Waals surface area contributed by atoms with E-state index in [-0.39, 0.29) is 6.42 Å². The first-order valence-electron chi connectivity index (χ1n) is 5.23. The molecule has 0 radical (unpaired) electrons. The summed E-state index contributed by atoms with van der Waals surface area (Å²) in [5.41, 5.74) is 1.07. The van der Waals surface area contributed by atoms with E-state index in [2.05, 4.69) is 11.2 Å². The maximum atomic E-state index is 11.5. The fourth-order valence-corrected chi connectivity index (χ4v) is 2.06. The quantitative estimate of drug-likeness (QED) is 0.627. The third-order valence-corrected chi connectivity index (χ3v) is 3.21. The van der Waals surface area contributed by atoms with Gasteiger partial charge in [0, 0.05) is 17.4 Å². The Morgan fingerprint density at radius 3 is 2.89 bits per heavy atom. The van der Waals surface area contributed by atoms with E-state index in [1.165, 1.54) is 17.4 Å². The van der Waals surface area contributed by atoms with Crippen LogP contribution in [0.25, 0.3) is 6.08 Å². The van der Waals surface area contributed by atoms with E-state index in [9.17, 15) is 9.59 Å². The minimum atomic E-state index is -1.14. The molecule has 94 valence electrons. The van der Waals surface area contributed by atoms with Gasteiger partial charge in [0.15, 0.2) is 0 Å². The topological polar surface area (TPSA) is 66.4 Å². The molecule has 1 rings (SSSR count). The minimum absolute atomic E-state index is 0.0348. The van der Waals surface area contributed by atoms with Gasteiger partial charge in [-0.15, -0.1) is 23.7 Å². The van der Waals surface area contributed by atoms with Crippen LogP contribution in [0.15, 0.2) is 17.5 Å². The number of terminal acetylenes is 1. The highest BCUT2D eigenvalue weighted by molar-refractivity contribution is 7.11. The highest BCUT2D eigenvalue weighted by Crippen LogP contribution is 2.16. The Morgan fingerprint density at radius 1 is 1.67 bits per heavy atom. The van der Waals surface area contributed by atoms with Crippen molar-refractivity contribution in [3.8, 4) is 12.3 Å². The number of carbonyl (C=O) groups excluding carboxylic acids is 1. The maximum Gasteiger partial charge on any atom is 0.327 e. The number of carbonyl (C=O) groups is 2. The van der Waals surface area contributed by atoms with Gasteiger partial charge in [0.05, 0.1) is 0 Å². The monoisotopic (exact) mass is 263 g/mol. The number of nitrogens with one attached hydrogen (secondary N) is 1. The molecule has 0 saturated carbocycles. The van der Waals surface area contributed by atoms with Gasteiger partial charge in [0.1, 0.15) is 6.04 Å². The Morgan fingerprint density at radius 2 is 2.39 bits per heavy atom. The number of rotatable bonds is 5. The van der Waals surface area contributed by atoms with Crippen molar-refractivity contribution in [2.45, 2.75) is 19.4 Å². The van der Waals surface area contributed by atoms with Gasteiger partial charge in [-0.3, -0.25) is 4.79 Å². The molecule has 5 heteroatoms. The zero-order chi connectivity index (χ0) is 13.5. The summed E-state index contributed by atoms with van der Waals surface area (Å²) in [4.78, 5) is 23.3. The molecule has 1 amide bonds. The fourth-order valence-electron chi connectivity index (χ4n) is 1.24. The smallest absolute Gasteiger partial charge is 0.327 e. The zero-order valence-corrected chi connectivity index (χ0v) is 10.7. The molecule has 0 fully saturated rings. The SMILES string of the molecule is C#CCC(NC(=O)/C=C/c1sccc1C)C(=O)O. The Balaban J connectivity index is 2.61. The van der Waals surface area contributed by atoms with Crippen LogP contribution >= 0.6 is 11.3 Å². The summed E-state index contributed by atoms with van der Waals surface area (Å²) in [5, 5.41) is 13.1. The van der Waals surface area contributed by atoms with E-state index in [0.717, 1.165) is 10.4 Å². The summed E-state index contributed by atoms with van der Waals surface area (Å²) in [7, 11) is 0. The number of hydrogen-bond acceptors (Lipinski definition) is 3. The van der Waals surface area contributed by atoms with E-state index in [1.54, 1.807) is 6.08 Å². The van der Waals surface area contributed by atoms with Gasteiger partial charge >= 0.3 is 5.97 Å². The lowest BCUT2D eigenvalue weighted by Crippen LogP contribution is -2.39. The molecule has 0 spiro atoms. The number of aliphatic carboxylic acids is 1. The zero-order valence-electron chi connectivity index (χ0n) is 9.84. The molecule has 1 aromatic rings. The summed E-state index contributed by atoms with van der Waals surface area (Å²) >= 11 is 1.51. The van der Waals surface area contributed by atoms with Crippen LogP contribution in [-0.2, 0) is 9.59 Å². The summed E-state index contributed by atoms with van der Waals surface area (Å²) in [5.74, 6) is 0.611.